The number of imide groups is 1. The van der Waals surface area contributed by atoms with Crippen LogP contribution >= 0.6 is 0 Å². The van der Waals surface area contributed by atoms with E-state index in [0.717, 1.165) is 38.5 Å². The van der Waals surface area contributed by atoms with Crippen LogP contribution in [-0.4, -0.2) is 63.2 Å². The Bertz CT molecular complexity index is 1600. The van der Waals surface area contributed by atoms with Gasteiger partial charge in [-0.25, -0.2) is 9.97 Å². The predicted molar refractivity (Wildman–Crippen MR) is 151 cm³/mol. The second kappa shape index (κ2) is 11.0. The smallest absolute Gasteiger partial charge is 0.262 e. The van der Waals surface area contributed by atoms with Crippen LogP contribution in [0.2, 0.25) is 0 Å². The zero-order valence-corrected chi connectivity index (χ0v) is 22.6. The largest absolute Gasteiger partial charge is 0.497 e. The fraction of sp³-hybridized carbons (Fsp3) is 0.241. The number of hydrogen-bond acceptors (Lipinski definition) is 7. The summed E-state index contributed by atoms with van der Waals surface area (Å²) in [4.78, 5) is 56.7. The van der Waals surface area contributed by atoms with Crippen molar-refractivity contribution in [3.8, 4) is 5.75 Å². The number of carbonyl (C=O) groups is 3. The molecule has 0 spiro atoms. The minimum Gasteiger partial charge on any atom is -0.497 e. The van der Waals surface area contributed by atoms with E-state index in [-0.39, 0.29) is 23.0 Å². The van der Waals surface area contributed by atoms with E-state index in [1.54, 1.807) is 31.4 Å². The molecule has 2 aromatic heterocycles. The summed E-state index contributed by atoms with van der Waals surface area (Å²) in [6.45, 7) is 5.51. The lowest BCUT2D eigenvalue weighted by Crippen LogP contribution is -2.50. The summed E-state index contributed by atoms with van der Waals surface area (Å²) < 4.78 is 5.29. The molecule has 5 rings (SSSR count). The second-order valence-electron chi connectivity index (χ2n) is 9.50. The van der Waals surface area contributed by atoms with Crippen molar-refractivity contribution in [1.29, 1.82) is 0 Å². The van der Waals surface area contributed by atoms with E-state index >= 15 is 0 Å². The highest BCUT2D eigenvalue weighted by molar-refractivity contribution is 6.23. The summed E-state index contributed by atoms with van der Waals surface area (Å²) in [6, 6.07) is 13.1. The van der Waals surface area contributed by atoms with Crippen molar-refractivity contribution >= 4 is 40.5 Å². The van der Waals surface area contributed by atoms with Crippen LogP contribution in [-0.2, 0) is 11.2 Å². The van der Waals surface area contributed by atoms with Gasteiger partial charge >= 0.3 is 0 Å². The molecule has 3 heterocycles. The first kappa shape index (κ1) is 26.5. The van der Waals surface area contributed by atoms with Crippen LogP contribution in [0, 0.1) is 13.8 Å². The molecule has 11 nitrogen and oxygen atoms in total. The summed E-state index contributed by atoms with van der Waals surface area (Å²) in [5.41, 5.74) is 4.04. The molecule has 0 bridgehead atoms. The maximum absolute atomic E-state index is 13.3. The van der Waals surface area contributed by atoms with Crippen LogP contribution in [0.4, 0.5) is 5.95 Å². The summed E-state index contributed by atoms with van der Waals surface area (Å²) in [6.07, 6.45) is 2.50. The highest BCUT2D eigenvalue weighted by Gasteiger charge is 2.40. The standard InChI is InChI=1S/C29H29N7O4/c1-16-13-17(2)33-29(32-16)35-28(30-12-11-19-15-31-24-14-20(40-4)9-10-21(19)24)34-25(37)18(3)36-26(38)22-7-5-6-8-23(22)27(36)39/h5-10,13-15,18,31H,11-12H2,1-4H3,(H2,30,32,33,34,35,37). The lowest BCUT2D eigenvalue weighted by molar-refractivity contribution is -0.123. The number of aromatic nitrogens is 3. The third-order valence-corrected chi connectivity index (χ3v) is 6.67. The molecule has 0 saturated carbocycles. The Balaban J connectivity index is 1.35. The van der Waals surface area contributed by atoms with Crippen molar-refractivity contribution in [2.24, 2.45) is 4.99 Å². The first-order chi connectivity index (χ1) is 19.2. The van der Waals surface area contributed by atoms with Gasteiger partial charge in [0.05, 0.1) is 18.2 Å². The molecule has 1 aliphatic rings. The van der Waals surface area contributed by atoms with Crippen molar-refractivity contribution in [1.82, 2.24) is 25.2 Å². The second-order valence-corrected chi connectivity index (χ2v) is 9.50. The van der Waals surface area contributed by atoms with Gasteiger partial charge in [0.1, 0.15) is 11.8 Å². The summed E-state index contributed by atoms with van der Waals surface area (Å²) in [5.74, 6) is -0.464. The van der Waals surface area contributed by atoms with Crippen LogP contribution in [0.25, 0.3) is 10.9 Å². The van der Waals surface area contributed by atoms with Crippen molar-refractivity contribution < 1.29 is 19.1 Å². The van der Waals surface area contributed by atoms with Gasteiger partial charge in [-0.2, -0.15) is 0 Å². The third-order valence-electron chi connectivity index (χ3n) is 6.67. The minimum atomic E-state index is -1.08. The van der Waals surface area contributed by atoms with E-state index in [1.807, 2.05) is 44.3 Å². The minimum absolute atomic E-state index is 0.111. The molecule has 204 valence electrons. The number of benzene rings is 2. The van der Waals surface area contributed by atoms with Gasteiger partial charge in [-0.3, -0.25) is 34.9 Å². The molecule has 0 radical (unpaired) electrons. The van der Waals surface area contributed by atoms with Gasteiger partial charge in [0.2, 0.25) is 17.8 Å². The SMILES string of the molecule is COc1ccc2c(CCN=C(NC(=O)C(C)N3C(=O)c4ccccc4C3=O)Nc3nc(C)cc(C)n3)c[nH]c2c1. The van der Waals surface area contributed by atoms with E-state index in [9.17, 15) is 14.4 Å². The molecular formula is C29H29N7O4. The highest BCUT2D eigenvalue weighted by atomic mass is 16.5. The number of aryl methyl sites for hydroxylation is 2. The first-order valence-electron chi connectivity index (χ1n) is 12.8. The van der Waals surface area contributed by atoms with Crippen molar-refractivity contribution in [2.75, 3.05) is 19.0 Å². The number of guanidine groups is 1. The predicted octanol–water partition coefficient (Wildman–Crippen LogP) is 3.39. The first-order valence-corrected chi connectivity index (χ1v) is 12.8. The fourth-order valence-corrected chi connectivity index (χ4v) is 4.68. The third kappa shape index (κ3) is 5.26. The number of anilines is 1. The summed E-state index contributed by atoms with van der Waals surface area (Å²) in [5, 5.41) is 6.77. The van der Waals surface area contributed by atoms with Crippen LogP contribution in [0.1, 0.15) is 44.6 Å². The van der Waals surface area contributed by atoms with E-state index in [1.165, 1.54) is 6.92 Å². The Hall–Kier alpha value is -5.06. The number of ether oxygens (including phenoxy) is 1. The number of methoxy groups -OCH3 is 1. The topological polar surface area (TPSA) is 142 Å². The highest BCUT2D eigenvalue weighted by Crippen LogP contribution is 2.25. The maximum atomic E-state index is 13.3. The lowest BCUT2D eigenvalue weighted by atomic mass is 10.1. The van der Waals surface area contributed by atoms with E-state index in [0.29, 0.717) is 13.0 Å². The van der Waals surface area contributed by atoms with Gasteiger partial charge in [-0.15, -0.1) is 0 Å². The number of rotatable bonds is 7. The Morgan fingerprint density at radius 3 is 2.38 bits per heavy atom. The van der Waals surface area contributed by atoms with E-state index < -0.39 is 23.8 Å². The molecule has 0 aliphatic carbocycles. The molecule has 1 aliphatic heterocycles. The van der Waals surface area contributed by atoms with Crippen molar-refractivity contribution in [2.45, 2.75) is 33.2 Å². The van der Waals surface area contributed by atoms with Gasteiger partial charge in [-0.05, 0) is 63.1 Å². The molecule has 0 fully saturated rings. The Morgan fingerprint density at radius 1 is 1.05 bits per heavy atom. The van der Waals surface area contributed by atoms with Gasteiger partial charge in [0.15, 0.2) is 0 Å². The molecule has 3 amide bonds. The Morgan fingerprint density at radius 2 is 1.73 bits per heavy atom. The number of hydrogen-bond donors (Lipinski definition) is 3. The molecular weight excluding hydrogens is 510 g/mol. The zero-order chi connectivity index (χ0) is 28.4. The van der Waals surface area contributed by atoms with Crippen LogP contribution in [0.5, 0.6) is 5.75 Å². The number of nitrogens with zero attached hydrogens (tertiary/aromatic N) is 4. The average molecular weight is 540 g/mol. The quantitative estimate of drug-likeness (QED) is 0.186. The number of H-pyrrole nitrogens is 1. The number of amides is 3. The van der Waals surface area contributed by atoms with E-state index in [4.69, 9.17) is 4.74 Å². The molecule has 11 heteroatoms. The zero-order valence-electron chi connectivity index (χ0n) is 22.6. The van der Waals surface area contributed by atoms with Crippen LogP contribution in [0.3, 0.4) is 0 Å². The van der Waals surface area contributed by atoms with Gasteiger partial charge in [-0.1, -0.05) is 12.1 Å². The number of fused-ring (bicyclic) bond motifs is 2. The normalized spacial score (nSPS) is 13.9. The van der Waals surface area contributed by atoms with Gasteiger partial charge in [0, 0.05) is 41.1 Å². The van der Waals surface area contributed by atoms with Gasteiger partial charge in [0.25, 0.3) is 11.8 Å². The average Bonchev–Trinajstić information content (AvgIpc) is 3.45. The number of aliphatic imine (C=N–C) groups is 1. The molecule has 1 unspecified atom stereocenters. The number of aromatic amines is 1. The molecule has 40 heavy (non-hydrogen) atoms. The molecule has 1 atom stereocenters. The number of carbonyl (C=O) groups excluding carboxylic acids is 3. The summed E-state index contributed by atoms with van der Waals surface area (Å²) in [7, 11) is 1.62. The van der Waals surface area contributed by atoms with Crippen LogP contribution < -0.4 is 15.4 Å². The Kier molecular flexibility index (Phi) is 7.28. The van der Waals surface area contributed by atoms with E-state index in [2.05, 4.69) is 30.6 Å². The lowest BCUT2D eigenvalue weighted by Gasteiger charge is -2.22. The Labute approximate surface area is 230 Å². The fourth-order valence-electron chi connectivity index (χ4n) is 4.68. The monoisotopic (exact) mass is 539 g/mol. The summed E-state index contributed by atoms with van der Waals surface area (Å²) >= 11 is 0. The van der Waals surface area contributed by atoms with Crippen molar-refractivity contribution in [3.63, 3.8) is 0 Å². The molecule has 0 saturated heterocycles. The van der Waals surface area contributed by atoms with Crippen LogP contribution in [0.15, 0.2) is 59.7 Å². The van der Waals surface area contributed by atoms with Gasteiger partial charge < -0.3 is 9.72 Å². The maximum Gasteiger partial charge on any atom is 0.262 e. The van der Waals surface area contributed by atoms with Crippen molar-refractivity contribution in [3.05, 3.63) is 82.8 Å². The molecule has 4 aromatic rings. The number of nitrogens with one attached hydrogen (secondary N) is 3. The molecule has 2 aromatic carbocycles. The molecule has 3 N–H and O–H groups in total.